The van der Waals surface area contributed by atoms with E-state index >= 15 is 0 Å². The minimum absolute atomic E-state index is 0.00603. The summed E-state index contributed by atoms with van der Waals surface area (Å²) in [4.78, 5) is 25.6. The molecule has 0 aromatic heterocycles. The van der Waals surface area contributed by atoms with Gasteiger partial charge in [0.05, 0.1) is 39.9 Å². The maximum absolute atomic E-state index is 13.0. The molecule has 0 radical (unpaired) electrons. The van der Waals surface area contributed by atoms with Crippen LogP contribution in [-0.4, -0.2) is 68.5 Å². The normalized spacial score (nSPS) is 14.1. The molecule has 3 atom stereocenters. The van der Waals surface area contributed by atoms with Gasteiger partial charge in [0, 0.05) is 6.42 Å². The largest absolute Gasteiger partial charge is 0.756 e. The quantitative estimate of drug-likeness (QED) is 0.0272. The van der Waals surface area contributed by atoms with E-state index in [9.17, 15) is 19.4 Å². The zero-order valence-electron chi connectivity index (χ0n) is 53.5. The second kappa shape index (κ2) is 61.5. The van der Waals surface area contributed by atoms with Crippen molar-refractivity contribution in [3.63, 3.8) is 0 Å². The zero-order valence-corrected chi connectivity index (χ0v) is 54.4. The molecular formula is C71H133N2O6P. The topological polar surface area (TPSA) is 108 Å². The molecule has 0 heterocycles. The van der Waals surface area contributed by atoms with E-state index in [1.165, 1.54) is 205 Å². The number of aliphatic hydroxyl groups is 1. The summed E-state index contributed by atoms with van der Waals surface area (Å²) in [6.07, 6.45) is 85.5. The van der Waals surface area contributed by atoms with E-state index < -0.39 is 20.0 Å². The molecule has 0 aliphatic rings. The molecule has 0 aromatic rings. The second-order valence-corrected chi connectivity index (χ2v) is 25.9. The number of allylic oxidation sites excluding steroid dienone is 12. The fourth-order valence-corrected chi connectivity index (χ4v) is 10.9. The van der Waals surface area contributed by atoms with Crippen molar-refractivity contribution in [2.75, 3.05) is 40.9 Å². The molecule has 0 aliphatic carbocycles. The van der Waals surface area contributed by atoms with Crippen LogP contribution in [0.25, 0.3) is 0 Å². The molecule has 2 N–H and O–H groups in total. The first-order chi connectivity index (χ1) is 39.0. The van der Waals surface area contributed by atoms with E-state index in [4.69, 9.17) is 9.05 Å². The molecule has 3 unspecified atom stereocenters. The minimum Gasteiger partial charge on any atom is -0.756 e. The first-order valence-corrected chi connectivity index (χ1v) is 35.7. The summed E-state index contributed by atoms with van der Waals surface area (Å²) in [6, 6.07) is -0.816. The molecule has 468 valence electrons. The van der Waals surface area contributed by atoms with Crippen LogP contribution in [0.1, 0.15) is 322 Å². The van der Waals surface area contributed by atoms with Crippen molar-refractivity contribution >= 4 is 13.7 Å². The van der Waals surface area contributed by atoms with Crippen LogP contribution in [0.3, 0.4) is 0 Å². The van der Waals surface area contributed by atoms with E-state index in [1.54, 1.807) is 0 Å². The third kappa shape index (κ3) is 63.5. The van der Waals surface area contributed by atoms with Gasteiger partial charge < -0.3 is 28.8 Å². The maximum atomic E-state index is 13.0. The summed E-state index contributed by atoms with van der Waals surface area (Å²) in [5.41, 5.74) is 0. The molecule has 0 spiro atoms. The number of likely N-dealkylation sites (N-methyl/N-ethyl adjacent to an activating group) is 1. The van der Waals surface area contributed by atoms with Gasteiger partial charge in [-0.1, -0.05) is 324 Å². The number of aliphatic hydroxyl groups excluding tert-OH is 1. The van der Waals surface area contributed by atoms with Crippen LogP contribution in [0, 0.1) is 0 Å². The molecule has 8 nitrogen and oxygen atoms in total. The van der Waals surface area contributed by atoms with Gasteiger partial charge in [0.15, 0.2) is 0 Å². The average Bonchev–Trinajstić information content (AvgIpc) is 3.42. The molecule has 0 saturated heterocycles. The third-order valence-electron chi connectivity index (χ3n) is 15.5. The number of unbranched alkanes of at least 4 members (excludes halogenated alkanes) is 38. The number of carbonyl (C=O) groups excluding carboxylic acids is 1. The number of rotatable bonds is 63. The molecule has 1 amide bonds. The lowest BCUT2D eigenvalue weighted by Crippen LogP contribution is -2.46. The predicted octanol–water partition coefficient (Wildman–Crippen LogP) is 21.1. The summed E-state index contributed by atoms with van der Waals surface area (Å²) < 4.78 is 23.5. The van der Waals surface area contributed by atoms with Crippen molar-refractivity contribution in [3.8, 4) is 0 Å². The highest BCUT2D eigenvalue weighted by Gasteiger charge is 2.24. The van der Waals surface area contributed by atoms with Crippen molar-refractivity contribution < 1.29 is 32.9 Å². The number of carbonyl (C=O) groups is 1. The monoisotopic (exact) mass is 1140 g/mol. The Labute approximate surface area is 497 Å². The number of nitrogens with zero attached hydrogens (tertiary/aromatic N) is 1. The molecule has 0 bridgehead atoms. The number of hydrogen-bond donors (Lipinski definition) is 2. The van der Waals surface area contributed by atoms with Gasteiger partial charge in [-0.3, -0.25) is 9.36 Å². The van der Waals surface area contributed by atoms with Gasteiger partial charge in [0.2, 0.25) is 5.91 Å². The molecule has 0 saturated carbocycles. The molecule has 9 heteroatoms. The average molecular weight is 1140 g/mol. The fraction of sp³-hybridized carbons (Fsp3) is 0.817. The van der Waals surface area contributed by atoms with Gasteiger partial charge in [-0.25, -0.2) is 0 Å². The lowest BCUT2D eigenvalue weighted by atomic mass is 10.0. The van der Waals surface area contributed by atoms with E-state index in [0.29, 0.717) is 23.9 Å². The third-order valence-corrected chi connectivity index (χ3v) is 16.4. The molecular weight excluding hydrogens is 1010 g/mol. The van der Waals surface area contributed by atoms with Crippen molar-refractivity contribution in [2.24, 2.45) is 0 Å². The molecule has 80 heavy (non-hydrogen) atoms. The highest BCUT2D eigenvalue weighted by Crippen LogP contribution is 2.38. The summed E-state index contributed by atoms with van der Waals surface area (Å²) in [5.74, 6) is -0.178. The van der Waals surface area contributed by atoms with Gasteiger partial charge >= 0.3 is 0 Å². The summed E-state index contributed by atoms with van der Waals surface area (Å²) >= 11 is 0. The number of amides is 1. The number of phosphoric acid groups is 1. The van der Waals surface area contributed by atoms with E-state index in [1.807, 2.05) is 21.1 Å². The van der Waals surface area contributed by atoms with Crippen LogP contribution < -0.4 is 10.2 Å². The SMILES string of the molecule is CC/C=C\C/C=C\C/C=C\C/C=C\C/C=C\C/C=C\CCCCCCCCC(=O)NC(COP(=O)([O-])OCC[N+](C)(C)C)C(O)CCCCCCCCCCCCCCCCCCCCCCCCCCCCCCCCCCC. The van der Waals surface area contributed by atoms with Crippen LogP contribution in [0.15, 0.2) is 72.9 Å². The van der Waals surface area contributed by atoms with Crippen molar-refractivity contribution in [1.29, 1.82) is 0 Å². The summed E-state index contributed by atoms with van der Waals surface area (Å²) in [7, 11) is 1.29. The minimum atomic E-state index is -4.59. The molecule has 0 rings (SSSR count). The molecule has 0 fully saturated rings. The number of nitrogens with one attached hydrogen (secondary N) is 1. The Hall–Kier alpha value is -2.06. The standard InChI is InChI=1S/C71H133N2O6P/c1-6-8-10-12-14-16-18-20-22-24-26-28-30-32-33-34-35-36-37-38-39-41-42-44-46-48-50-52-54-56-58-60-62-64-70(74)69(68-79-80(76,77)78-67-66-73(3,4)5)72-71(75)65-63-61-59-57-55-53-51-49-47-45-43-40-31-29-27-25-23-21-19-17-15-13-11-9-7-2/h9,11,15,17,21,23,27,29,40,43,47,49,69-70,74H,6-8,10,12-14,16,18-20,22,24-26,28,30-39,41-42,44-46,48,50-68H2,1-5H3,(H-,72,75,76,77)/b11-9-,17-15-,23-21-,29-27-,43-40-,49-47-. The van der Waals surface area contributed by atoms with Gasteiger partial charge in [-0.2, -0.15) is 0 Å². The van der Waals surface area contributed by atoms with Crippen LogP contribution in [0.2, 0.25) is 0 Å². The smallest absolute Gasteiger partial charge is 0.268 e. The van der Waals surface area contributed by atoms with Gasteiger partial charge in [-0.05, 0) is 64.2 Å². The summed E-state index contributed by atoms with van der Waals surface area (Å²) in [6.45, 7) is 4.63. The first kappa shape index (κ1) is 77.9. The Balaban J connectivity index is 4.06. The fourth-order valence-electron chi connectivity index (χ4n) is 10.2. The van der Waals surface area contributed by atoms with Crippen LogP contribution in [-0.2, 0) is 18.4 Å². The maximum Gasteiger partial charge on any atom is 0.268 e. The van der Waals surface area contributed by atoms with E-state index in [2.05, 4.69) is 92.1 Å². The molecule has 0 aliphatic heterocycles. The second-order valence-electron chi connectivity index (χ2n) is 24.5. The lowest BCUT2D eigenvalue weighted by molar-refractivity contribution is -0.870. The Kier molecular flexibility index (Phi) is 59.9. The Morgan fingerprint density at radius 2 is 0.762 bits per heavy atom. The van der Waals surface area contributed by atoms with Crippen molar-refractivity contribution in [3.05, 3.63) is 72.9 Å². The number of hydrogen-bond acceptors (Lipinski definition) is 6. The predicted molar refractivity (Wildman–Crippen MR) is 348 cm³/mol. The summed E-state index contributed by atoms with van der Waals surface area (Å²) in [5, 5.41) is 14.1. The Morgan fingerprint density at radius 1 is 0.450 bits per heavy atom. The highest BCUT2D eigenvalue weighted by atomic mass is 31.2. The molecule has 0 aromatic carbocycles. The number of phosphoric ester groups is 1. The lowest BCUT2D eigenvalue weighted by Gasteiger charge is -2.30. The van der Waals surface area contributed by atoms with E-state index in [0.717, 1.165) is 89.9 Å². The Morgan fingerprint density at radius 3 is 1.11 bits per heavy atom. The first-order valence-electron chi connectivity index (χ1n) is 34.3. The number of quaternary nitrogens is 1. The van der Waals surface area contributed by atoms with Crippen LogP contribution in [0.5, 0.6) is 0 Å². The van der Waals surface area contributed by atoms with Crippen LogP contribution in [0.4, 0.5) is 0 Å². The zero-order chi connectivity index (χ0) is 58.4. The van der Waals surface area contributed by atoms with Crippen molar-refractivity contribution in [2.45, 2.75) is 334 Å². The van der Waals surface area contributed by atoms with E-state index in [-0.39, 0.29) is 19.1 Å². The Bertz CT molecular complexity index is 1530. The van der Waals surface area contributed by atoms with Gasteiger partial charge in [0.1, 0.15) is 13.2 Å². The van der Waals surface area contributed by atoms with Crippen LogP contribution >= 0.6 is 7.82 Å². The highest BCUT2D eigenvalue weighted by molar-refractivity contribution is 7.45. The van der Waals surface area contributed by atoms with Gasteiger partial charge in [-0.15, -0.1) is 0 Å². The van der Waals surface area contributed by atoms with Gasteiger partial charge in [0.25, 0.3) is 7.82 Å². The van der Waals surface area contributed by atoms with Crippen molar-refractivity contribution in [1.82, 2.24) is 5.32 Å².